The second kappa shape index (κ2) is 9.97. The van der Waals surface area contributed by atoms with Gasteiger partial charge >= 0.3 is 5.97 Å². The van der Waals surface area contributed by atoms with Gasteiger partial charge in [-0.3, -0.25) is 4.79 Å². The number of fused-ring (bicyclic) bond motifs is 2. The molecule has 1 heterocycles. The summed E-state index contributed by atoms with van der Waals surface area (Å²) in [5, 5.41) is 10.1. The maximum Gasteiger partial charge on any atom is 0.307 e. The molecule has 172 valence electrons. The van der Waals surface area contributed by atoms with Gasteiger partial charge in [0.2, 0.25) is 0 Å². The van der Waals surface area contributed by atoms with Gasteiger partial charge in [0, 0.05) is 11.6 Å². The summed E-state index contributed by atoms with van der Waals surface area (Å²) in [5.74, 6) is -0.986. The largest absolute Gasteiger partial charge is 0.481 e. The fourth-order valence-electron chi connectivity index (χ4n) is 5.82. The summed E-state index contributed by atoms with van der Waals surface area (Å²) in [7, 11) is 0. The van der Waals surface area contributed by atoms with Crippen molar-refractivity contribution in [3.8, 4) is 0 Å². The van der Waals surface area contributed by atoms with Crippen molar-refractivity contribution in [3.63, 3.8) is 0 Å². The Morgan fingerprint density at radius 3 is 2.72 bits per heavy atom. The predicted molar refractivity (Wildman–Crippen MR) is 132 cm³/mol. The number of piperidine rings is 1. The standard InChI is InChI=1S/C28H36ClNO2/c1-3-22-6-4-5-7-26(29)24(22)10-8-21-9-11-25-23(18-21)12-13-28(25)14-16-30(17-15-28)19-20(2)27(31)32/h4,6-7,9,11,18,20H,3,5,8,10,12-17,19H2,1-2H3,(H,31,32). The zero-order valence-electron chi connectivity index (χ0n) is 19.5. The molecule has 3 aliphatic rings. The van der Waals surface area contributed by atoms with Crippen LogP contribution in [0.25, 0.3) is 0 Å². The minimum atomic E-state index is -0.692. The van der Waals surface area contributed by atoms with E-state index in [1.165, 1.54) is 35.1 Å². The first-order chi connectivity index (χ1) is 15.4. The summed E-state index contributed by atoms with van der Waals surface area (Å²) in [4.78, 5) is 13.5. The molecule has 4 heteroatoms. The Labute approximate surface area is 197 Å². The first-order valence-electron chi connectivity index (χ1n) is 12.2. The molecule has 0 amide bonds. The van der Waals surface area contributed by atoms with Gasteiger partial charge in [-0.1, -0.05) is 61.9 Å². The fraction of sp³-hybridized carbons (Fsp3) is 0.536. The van der Waals surface area contributed by atoms with Crippen molar-refractivity contribution in [2.45, 2.75) is 70.6 Å². The van der Waals surface area contributed by atoms with Crippen LogP contribution in [0, 0.1) is 5.92 Å². The third-order valence-electron chi connectivity index (χ3n) is 7.85. The molecule has 0 bridgehead atoms. The molecule has 3 nitrogen and oxygen atoms in total. The van der Waals surface area contributed by atoms with Crippen molar-refractivity contribution >= 4 is 17.6 Å². The highest BCUT2D eigenvalue weighted by atomic mass is 35.5. The van der Waals surface area contributed by atoms with Gasteiger partial charge in [0.1, 0.15) is 0 Å². The van der Waals surface area contributed by atoms with Crippen molar-refractivity contribution in [2.75, 3.05) is 19.6 Å². The van der Waals surface area contributed by atoms with Gasteiger partial charge in [-0.25, -0.2) is 0 Å². The molecule has 4 rings (SSSR count). The molecule has 0 aromatic heterocycles. The number of hydrogen-bond donors (Lipinski definition) is 1. The number of benzene rings is 1. The Hall–Kier alpha value is -1.84. The van der Waals surface area contributed by atoms with Gasteiger partial charge in [0.25, 0.3) is 0 Å². The molecule has 32 heavy (non-hydrogen) atoms. The first-order valence-corrected chi connectivity index (χ1v) is 12.6. The van der Waals surface area contributed by atoms with Crippen LogP contribution >= 0.6 is 11.6 Å². The van der Waals surface area contributed by atoms with Crippen LogP contribution in [-0.4, -0.2) is 35.6 Å². The molecule has 1 aromatic carbocycles. The lowest BCUT2D eigenvalue weighted by Crippen LogP contribution is -2.43. The normalized spacial score (nSPS) is 21.4. The van der Waals surface area contributed by atoms with Gasteiger partial charge in [0.15, 0.2) is 0 Å². The molecule has 1 aliphatic heterocycles. The highest BCUT2D eigenvalue weighted by Gasteiger charge is 2.41. The average molecular weight is 454 g/mol. The lowest BCUT2D eigenvalue weighted by Gasteiger charge is -2.40. The second-order valence-corrected chi connectivity index (χ2v) is 10.3. The van der Waals surface area contributed by atoms with Gasteiger partial charge in [-0.05, 0) is 97.7 Å². The number of carboxylic acid groups (broad SMARTS) is 1. The fourth-order valence-corrected chi connectivity index (χ4v) is 6.13. The Balaban J connectivity index is 1.42. The van der Waals surface area contributed by atoms with E-state index in [0.29, 0.717) is 12.0 Å². The third kappa shape index (κ3) is 4.89. The molecule has 1 saturated heterocycles. The van der Waals surface area contributed by atoms with Crippen LogP contribution < -0.4 is 0 Å². The van der Waals surface area contributed by atoms with E-state index in [1.807, 2.05) is 6.92 Å². The second-order valence-electron chi connectivity index (χ2n) is 9.86. The minimum absolute atomic E-state index is 0.293. The van der Waals surface area contributed by atoms with Crippen molar-refractivity contribution < 1.29 is 9.90 Å². The number of hydrogen-bond acceptors (Lipinski definition) is 2. The van der Waals surface area contributed by atoms with E-state index in [4.69, 9.17) is 11.6 Å². The van der Waals surface area contributed by atoms with E-state index in [0.717, 1.165) is 56.6 Å². The number of halogens is 1. The minimum Gasteiger partial charge on any atom is -0.481 e. The zero-order chi connectivity index (χ0) is 22.7. The van der Waals surface area contributed by atoms with Crippen LogP contribution in [0.15, 0.2) is 52.6 Å². The Morgan fingerprint density at radius 1 is 1.22 bits per heavy atom. The third-order valence-corrected chi connectivity index (χ3v) is 8.24. The maximum absolute atomic E-state index is 11.2. The highest BCUT2D eigenvalue weighted by Crippen LogP contribution is 2.46. The van der Waals surface area contributed by atoms with E-state index in [9.17, 15) is 9.90 Å². The number of likely N-dealkylation sites (tertiary alicyclic amines) is 1. The van der Waals surface area contributed by atoms with E-state index in [1.54, 1.807) is 5.56 Å². The molecule has 1 spiro atoms. The lowest BCUT2D eigenvalue weighted by atomic mass is 9.73. The van der Waals surface area contributed by atoms with Gasteiger partial charge < -0.3 is 10.0 Å². The summed E-state index contributed by atoms with van der Waals surface area (Å²) >= 11 is 6.61. The molecule has 2 aliphatic carbocycles. The van der Waals surface area contributed by atoms with Gasteiger partial charge in [-0.15, -0.1) is 0 Å². The van der Waals surface area contributed by atoms with Gasteiger partial charge in [-0.2, -0.15) is 0 Å². The maximum atomic E-state index is 11.2. The van der Waals surface area contributed by atoms with E-state index in [2.05, 4.69) is 48.3 Å². The van der Waals surface area contributed by atoms with E-state index < -0.39 is 5.97 Å². The zero-order valence-corrected chi connectivity index (χ0v) is 20.3. The van der Waals surface area contributed by atoms with Crippen molar-refractivity contribution in [2.24, 2.45) is 5.92 Å². The summed E-state index contributed by atoms with van der Waals surface area (Å²) in [6.07, 6.45) is 15.2. The van der Waals surface area contributed by atoms with Crippen molar-refractivity contribution in [1.82, 2.24) is 4.90 Å². The number of allylic oxidation sites excluding steroid dienone is 6. The Bertz CT molecular complexity index is 950. The molecular weight excluding hydrogens is 418 g/mol. The summed E-state index contributed by atoms with van der Waals surface area (Å²) < 4.78 is 0. The number of aliphatic carboxylic acids is 1. The molecule has 0 radical (unpaired) electrons. The molecule has 1 N–H and O–H groups in total. The summed E-state index contributed by atoms with van der Waals surface area (Å²) in [5.41, 5.74) is 7.47. The number of carbonyl (C=O) groups is 1. The molecule has 0 saturated carbocycles. The van der Waals surface area contributed by atoms with Crippen LogP contribution in [0.2, 0.25) is 0 Å². The Morgan fingerprint density at radius 2 is 2.00 bits per heavy atom. The molecule has 1 atom stereocenters. The predicted octanol–water partition coefficient (Wildman–Crippen LogP) is 6.41. The van der Waals surface area contributed by atoms with Crippen LogP contribution in [0.3, 0.4) is 0 Å². The van der Waals surface area contributed by atoms with Crippen LogP contribution in [0.1, 0.15) is 69.1 Å². The summed E-state index contributed by atoms with van der Waals surface area (Å²) in [6, 6.07) is 7.17. The van der Waals surface area contributed by atoms with E-state index >= 15 is 0 Å². The smallest absolute Gasteiger partial charge is 0.307 e. The van der Waals surface area contributed by atoms with Crippen LogP contribution in [0.4, 0.5) is 0 Å². The molecule has 1 unspecified atom stereocenters. The van der Waals surface area contributed by atoms with Crippen molar-refractivity contribution in [1.29, 1.82) is 0 Å². The monoisotopic (exact) mass is 453 g/mol. The lowest BCUT2D eigenvalue weighted by molar-refractivity contribution is -0.141. The number of carboxylic acids is 1. The number of aryl methyl sites for hydroxylation is 2. The first kappa shape index (κ1) is 23.3. The van der Waals surface area contributed by atoms with Crippen LogP contribution in [0.5, 0.6) is 0 Å². The Kier molecular flexibility index (Phi) is 7.27. The highest BCUT2D eigenvalue weighted by molar-refractivity contribution is 6.32. The molecule has 1 fully saturated rings. The average Bonchev–Trinajstić information content (AvgIpc) is 3.02. The van der Waals surface area contributed by atoms with Crippen molar-refractivity contribution in [3.05, 3.63) is 69.3 Å². The molecule has 1 aromatic rings. The topological polar surface area (TPSA) is 40.5 Å². The van der Waals surface area contributed by atoms with E-state index in [-0.39, 0.29) is 5.92 Å². The number of rotatable bonds is 7. The van der Waals surface area contributed by atoms with Gasteiger partial charge in [0.05, 0.1) is 5.92 Å². The quantitative estimate of drug-likeness (QED) is 0.518. The molecular formula is C28H36ClNO2. The summed E-state index contributed by atoms with van der Waals surface area (Å²) in [6.45, 7) is 6.69. The van der Waals surface area contributed by atoms with Crippen LogP contribution in [-0.2, 0) is 23.1 Å². The SMILES string of the molecule is CCC1=C(CCc2ccc3c(c2)CCC32CCN(CC(C)C(=O)O)CC2)C(Cl)=CCC=C1. The number of nitrogens with zero attached hydrogens (tertiary/aromatic N) is 1.